The van der Waals surface area contributed by atoms with Gasteiger partial charge in [-0.25, -0.2) is 0 Å². The summed E-state index contributed by atoms with van der Waals surface area (Å²) in [6, 6.07) is 21.1. The summed E-state index contributed by atoms with van der Waals surface area (Å²) in [5, 5.41) is 0. The zero-order valence-electron chi connectivity index (χ0n) is 15.7. The molecule has 0 aliphatic carbocycles. The van der Waals surface area contributed by atoms with Crippen molar-refractivity contribution in [3.63, 3.8) is 0 Å². The summed E-state index contributed by atoms with van der Waals surface area (Å²) in [6.07, 6.45) is 1.91. The van der Waals surface area contributed by atoms with Crippen LogP contribution in [-0.4, -0.2) is 18.2 Å². The Morgan fingerprint density at radius 3 is 2.24 bits per heavy atom. The molecule has 0 amide bonds. The normalized spacial score (nSPS) is 10.4. The van der Waals surface area contributed by atoms with Gasteiger partial charge in [0, 0.05) is 24.5 Å². The van der Waals surface area contributed by atoms with Crippen LogP contribution in [0.25, 0.3) is 22.4 Å². The van der Waals surface area contributed by atoms with Gasteiger partial charge in [-0.3, -0.25) is 9.98 Å². The highest BCUT2D eigenvalue weighted by Crippen LogP contribution is 2.31. The van der Waals surface area contributed by atoms with E-state index < -0.39 is 0 Å². The Hall–Kier alpha value is -2.74. The second kappa shape index (κ2) is 8.93. The number of benzene rings is 2. The van der Waals surface area contributed by atoms with Crippen LogP contribution in [0.2, 0.25) is 0 Å². The number of hydrogen-bond acceptors (Lipinski definition) is 2. The predicted octanol–water partition coefficient (Wildman–Crippen LogP) is 6.11. The highest BCUT2D eigenvalue weighted by Gasteiger charge is 2.09. The molecule has 128 valence electrons. The summed E-state index contributed by atoms with van der Waals surface area (Å²) in [7, 11) is 1.80. The second-order valence-corrected chi connectivity index (χ2v) is 5.67. The highest BCUT2D eigenvalue weighted by molar-refractivity contribution is 5.88. The predicted molar refractivity (Wildman–Crippen MR) is 109 cm³/mol. The van der Waals surface area contributed by atoms with E-state index in [1.54, 1.807) is 7.05 Å². The average molecular weight is 330 g/mol. The van der Waals surface area contributed by atoms with Crippen LogP contribution in [0.5, 0.6) is 0 Å². The molecule has 0 N–H and O–H groups in total. The number of aryl methyl sites for hydroxylation is 2. The third-order valence-electron chi connectivity index (χ3n) is 3.95. The lowest BCUT2D eigenvalue weighted by Crippen LogP contribution is -1.92. The van der Waals surface area contributed by atoms with E-state index in [1.165, 1.54) is 16.7 Å². The van der Waals surface area contributed by atoms with Gasteiger partial charge in [0.05, 0.1) is 5.69 Å². The Morgan fingerprint density at radius 2 is 1.56 bits per heavy atom. The molecule has 3 aromatic rings. The summed E-state index contributed by atoms with van der Waals surface area (Å²) in [6.45, 7) is 8.13. The lowest BCUT2D eigenvalue weighted by Gasteiger charge is -2.11. The minimum Gasteiger partial charge on any atom is -0.296 e. The molecule has 0 saturated heterocycles. The van der Waals surface area contributed by atoms with E-state index in [-0.39, 0.29) is 0 Å². The van der Waals surface area contributed by atoms with Crippen molar-refractivity contribution in [3.05, 3.63) is 77.5 Å². The van der Waals surface area contributed by atoms with Crippen LogP contribution in [0, 0.1) is 13.8 Å². The van der Waals surface area contributed by atoms with E-state index in [4.69, 9.17) is 0 Å². The van der Waals surface area contributed by atoms with Crippen LogP contribution in [0.15, 0.2) is 65.7 Å². The monoisotopic (exact) mass is 330 g/mol. The fraction of sp³-hybridized carbons (Fsp3) is 0.217. The molecule has 0 bridgehead atoms. The van der Waals surface area contributed by atoms with E-state index in [1.807, 2.05) is 33.1 Å². The van der Waals surface area contributed by atoms with Gasteiger partial charge in [-0.1, -0.05) is 56.3 Å². The van der Waals surface area contributed by atoms with Crippen LogP contribution in [0.3, 0.4) is 0 Å². The maximum absolute atomic E-state index is 4.68. The van der Waals surface area contributed by atoms with Crippen LogP contribution in [-0.2, 0) is 0 Å². The van der Waals surface area contributed by atoms with Crippen molar-refractivity contribution in [3.8, 4) is 22.4 Å². The van der Waals surface area contributed by atoms with Crippen molar-refractivity contribution in [2.45, 2.75) is 27.7 Å². The largest absolute Gasteiger partial charge is 0.296 e. The summed E-state index contributed by atoms with van der Waals surface area (Å²) in [4.78, 5) is 8.84. The standard InChI is InChI=1S/C21H20N2.C2H6/c1-15-11-12-17(13-18(15)14-22-3)19-8-4-5-9-20(19)21-10-6-7-16(2)23-21;1-2/h4-14H,1-3H3;1-2H3. The minimum atomic E-state index is 1.01. The van der Waals surface area contributed by atoms with E-state index in [0.29, 0.717) is 0 Å². The van der Waals surface area contributed by atoms with Crippen molar-refractivity contribution in [1.82, 2.24) is 4.98 Å². The van der Waals surface area contributed by atoms with E-state index in [9.17, 15) is 0 Å². The third-order valence-corrected chi connectivity index (χ3v) is 3.95. The van der Waals surface area contributed by atoms with Crippen molar-refractivity contribution in [2.24, 2.45) is 4.99 Å². The van der Waals surface area contributed by atoms with Gasteiger partial charge < -0.3 is 0 Å². The molecule has 0 aliphatic heterocycles. The molecule has 0 unspecified atom stereocenters. The Balaban J connectivity index is 0.00000109. The Morgan fingerprint density at radius 1 is 0.840 bits per heavy atom. The Kier molecular flexibility index (Phi) is 6.64. The molecule has 0 saturated carbocycles. The van der Waals surface area contributed by atoms with Crippen LogP contribution in [0.4, 0.5) is 0 Å². The molecular weight excluding hydrogens is 304 g/mol. The molecule has 0 radical (unpaired) electrons. The molecule has 25 heavy (non-hydrogen) atoms. The van der Waals surface area contributed by atoms with Crippen molar-refractivity contribution in [1.29, 1.82) is 0 Å². The molecular formula is C23H26N2. The molecule has 0 aliphatic rings. The van der Waals surface area contributed by atoms with Gasteiger partial charge in [0.25, 0.3) is 0 Å². The smallest absolute Gasteiger partial charge is 0.0711 e. The topological polar surface area (TPSA) is 25.2 Å². The lowest BCUT2D eigenvalue weighted by molar-refractivity contribution is 1.21. The van der Waals surface area contributed by atoms with Gasteiger partial charge in [-0.15, -0.1) is 0 Å². The molecule has 0 atom stereocenters. The van der Waals surface area contributed by atoms with E-state index in [0.717, 1.165) is 22.5 Å². The number of aromatic nitrogens is 1. The molecule has 3 rings (SSSR count). The molecule has 1 aromatic heterocycles. The summed E-state index contributed by atoms with van der Waals surface area (Å²) < 4.78 is 0. The van der Waals surface area contributed by atoms with Crippen molar-refractivity contribution >= 4 is 6.21 Å². The number of aliphatic imine (C=N–C) groups is 1. The zero-order chi connectivity index (χ0) is 18.2. The number of rotatable bonds is 3. The number of hydrogen-bond donors (Lipinski definition) is 0. The van der Waals surface area contributed by atoms with Crippen molar-refractivity contribution in [2.75, 3.05) is 7.05 Å². The molecule has 2 aromatic carbocycles. The summed E-state index contributed by atoms with van der Waals surface area (Å²) >= 11 is 0. The first-order valence-corrected chi connectivity index (χ1v) is 8.75. The van der Waals surface area contributed by atoms with Crippen LogP contribution in [0.1, 0.15) is 30.7 Å². The number of nitrogens with zero attached hydrogens (tertiary/aromatic N) is 2. The van der Waals surface area contributed by atoms with E-state index in [2.05, 4.69) is 71.5 Å². The molecule has 2 heteroatoms. The molecule has 2 nitrogen and oxygen atoms in total. The first-order chi connectivity index (χ1) is 12.2. The van der Waals surface area contributed by atoms with Gasteiger partial charge >= 0.3 is 0 Å². The first-order valence-electron chi connectivity index (χ1n) is 8.75. The molecule has 0 spiro atoms. The zero-order valence-corrected chi connectivity index (χ0v) is 15.7. The average Bonchev–Trinajstić information content (AvgIpc) is 2.65. The highest BCUT2D eigenvalue weighted by atomic mass is 14.7. The minimum absolute atomic E-state index is 1.01. The fourth-order valence-corrected chi connectivity index (χ4v) is 2.74. The maximum Gasteiger partial charge on any atom is 0.0711 e. The Labute approximate surface area is 151 Å². The number of pyridine rings is 1. The summed E-state index contributed by atoms with van der Waals surface area (Å²) in [5.74, 6) is 0. The quantitative estimate of drug-likeness (QED) is 0.532. The molecule has 1 heterocycles. The maximum atomic E-state index is 4.68. The lowest BCUT2D eigenvalue weighted by atomic mass is 9.94. The van der Waals surface area contributed by atoms with Gasteiger partial charge in [0.2, 0.25) is 0 Å². The van der Waals surface area contributed by atoms with Crippen LogP contribution >= 0.6 is 0 Å². The summed E-state index contributed by atoms with van der Waals surface area (Å²) in [5.41, 5.74) is 7.94. The van der Waals surface area contributed by atoms with Gasteiger partial charge in [0.15, 0.2) is 0 Å². The fourth-order valence-electron chi connectivity index (χ4n) is 2.74. The van der Waals surface area contributed by atoms with Crippen molar-refractivity contribution < 1.29 is 0 Å². The van der Waals surface area contributed by atoms with Gasteiger partial charge in [0.1, 0.15) is 0 Å². The Bertz CT molecular complexity index is 863. The second-order valence-electron chi connectivity index (χ2n) is 5.67. The van der Waals surface area contributed by atoms with Gasteiger partial charge in [-0.05, 0) is 54.3 Å². The SMILES string of the molecule is CC.CN=Cc1cc(-c2ccccc2-c2cccc(C)n2)ccc1C. The van der Waals surface area contributed by atoms with Gasteiger partial charge in [-0.2, -0.15) is 0 Å². The van der Waals surface area contributed by atoms with E-state index >= 15 is 0 Å². The van der Waals surface area contributed by atoms with Crippen LogP contribution < -0.4 is 0 Å². The molecule has 0 fully saturated rings. The first kappa shape index (κ1) is 18.6. The third kappa shape index (κ3) is 4.42.